The van der Waals surface area contributed by atoms with E-state index in [0.29, 0.717) is 12.8 Å². The molecule has 0 spiro atoms. The smallest absolute Gasteiger partial charge is 0.305 e. The number of carbonyl (C=O) groups is 1. The lowest BCUT2D eigenvalue weighted by Crippen LogP contribution is -2.20. The van der Waals surface area contributed by atoms with Gasteiger partial charge in [-0.05, 0) is 31.7 Å². The normalized spacial score (nSPS) is 14.1. The zero-order chi connectivity index (χ0) is 12.7. The Bertz CT molecular complexity index is 344. The molecule has 0 aliphatic heterocycles. The lowest BCUT2D eigenvalue weighted by molar-refractivity contribution is -0.140. The van der Waals surface area contributed by atoms with Crippen LogP contribution in [0.25, 0.3) is 0 Å². The summed E-state index contributed by atoms with van der Waals surface area (Å²) < 4.78 is 4.57. The first-order valence-corrected chi connectivity index (χ1v) is 5.91. The van der Waals surface area contributed by atoms with Crippen molar-refractivity contribution >= 4 is 5.97 Å². The Morgan fingerprint density at radius 2 is 1.94 bits per heavy atom. The van der Waals surface area contributed by atoms with Gasteiger partial charge in [-0.25, -0.2) is 0 Å². The number of methoxy groups -OCH3 is 1. The summed E-state index contributed by atoms with van der Waals surface area (Å²) in [4.78, 5) is 10.9. The van der Waals surface area contributed by atoms with E-state index in [1.807, 2.05) is 30.3 Å². The molecule has 1 unspecified atom stereocenters. The topological polar surface area (TPSA) is 46.5 Å². The van der Waals surface area contributed by atoms with Gasteiger partial charge in [0.1, 0.15) is 0 Å². The first-order valence-electron chi connectivity index (χ1n) is 5.91. The van der Waals surface area contributed by atoms with Crippen LogP contribution in [0.2, 0.25) is 0 Å². The van der Waals surface area contributed by atoms with Crippen LogP contribution in [0.3, 0.4) is 0 Å². The Hall–Kier alpha value is -1.35. The fourth-order valence-electron chi connectivity index (χ4n) is 1.78. The molecule has 0 heterocycles. The second-order valence-corrected chi connectivity index (χ2v) is 4.42. The van der Waals surface area contributed by atoms with Crippen molar-refractivity contribution in [2.75, 3.05) is 7.11 Å². The van der Waals surface area contributed by atoms with E-state index in [0.717, 1.165) is 18.4 Å². The van der Waals surface area contributed by atoms with Crippen molar-refractivity contribution in [1.82, 2.24) is 0 Å². The number of esters is 1. The van der Waals surface area contributed by atoms with Gasteiger partial charge in [-0.3, -0.25) is 4.79 Å². The lowest BCUT2D eigenvalue weighted by Gasteiger charge is -2.23. The predicted octanol–water partition coefficient (Wildman–Crippen LogP) is 2.63. The number of benzene rings is 1. The van der Waals surface area contributed by atoms with Crippen LogP contribution in [-0.4, -0.2) is 18.2 Å². The summed E-state index contributed by atoms with van der Waals surface area (Å²) in [6.45, 7) is 1.81. The summed E-state index contributed by atoms with van der Waals surface area (Å²) in [5.74, 6) is -0.190. The summed E-state index contributed by atoms with van der Waals surface area (Å²) in [5.41, 5.74) is 0.0928. The zero-order valence-corrected chi connectivity index (χ0v) is 10.5. The van der Waals surface area contributed by atoms with E-state index in [1.54, 1.807) is 6.92 Å². The molecule has 3 nitrogen and oxygen atoms in total. The molecule has 0 amide bonds. The quantitative estimate of drug-likeness (QED) is 0.610. The highest BCUT2D eigenvalue weighted by Crippen LogP contribution is 2.26. The number of rotatable bonds is 6. The maximum absolute atomic E-state index is 10.9. The molecule has 1 atom stereocenters. The molecule has 1 N–H and O–H groups in total. The first-order chi connectivity index (χ1) is 8.06. The standard InChI is InChI=1S/C14H20O3/c1-14(16,12-8-4-3-5-9-12)11-7-6-10-13(15)17-2/h3-5,8-9,16H,6-7,10-11H2,1-2H3. The molecule has 1 rings (SSSR count). The van der Waals surface area contributed by atoms with Crippen molar-refractivity contribution < 1.29 is 14.6 Å². The van der Waals surface area contributed by atoms with E-state index in [-0.39, 0.29) is 5.97 Å². The summed E-state index contributed by atoms with van der Waals surface area (Å²) in [6.07, 6.45) is 2.61. The largest absolute Gasteiger partial charge is 0.469 e. The van der Waals surface area contributed by atoms with Crippen LogP contribution in [0.1, 0.15) is 38.2 Å². The van der Waals surface area contributed by atoms with Crippen LogP contribution < -0.4 is 0 Å². The minimum absolute atomic E-state index is 0.190. The maximum Gasteiger partial charge on any atom is 0.305 e. The highest BCUT2D eigenvalue weighted by Gasteiger charge is 2.21. The van der Waals surface area contributed by atoms with Crippen molar-refractivity contribution in [3.8, 4) is 0 Å². The summed E-state index contributed by atoms with van der Waals surface area (Å²) in [5, 5.41) is 10.3. The number of ether oxygens (including phenoxy) is 1. The van der Waals surface area contributed by atoms with Crippen LogP contribution in [0.4, 0.5) is 0 Å². The Kier molecular flexibility index (Phi) is 5.16. The number of unbranched alkanes of at least 4 members (excludes halogenated alkanes) is 1. The van der Waals surface area contributed by atoms with Gasteiger partial charge in [0.25, 0.3) is 0 Å². The molecule has 0 bridgehead atoms. The second kappa shape index (κ2) is 6.40. The third-order valence-electron chi connectivity index (χ3n) is 2.92. The van der Waals surface area contributed by atoms with Crippen LogP contribution in [0, 0.1) is 0 Å². The van der Waals surface area contributed by atoms with Crippen molar-refractivity contribution in [3.05, 3.63) is 35.9 Å². The van der Waals surface area contributed by atoms with Gasteiger partial charge in [-0.15, -0.1) is 0 Å². The van der Waals surface area contributed by atoms with Crippen LogP contribution in [0.5, 0.6) is 0 Å². The fraction of sp³-hybridized carbons (Fsp3) is 0.500. The SMILES string of the molecule is COC(=O)CCCCC(C)(O)c1ccccc1. The minimum atomic E-state index is -0.822. The van der Waals surface area contributed by atoms with Gasteiger partial charge in [-0.1, -0.05) is 30.3 Å². The molecule has 0 aliphatic rings. The monoisotopic (exact) mass is 236 g/mol. The summed E-state index contributed by atoms with van der Waals surface area (Å²) in [7, 11) is 1.39. The van der Waals surface area contributed by atoms with E-state index in [4.69, 9.17) is 0 Å². The third-order valence-corrected chi connectivity index (χ3v) is 2.92. The summed E-state index contributed by atoms with van der Waals surface area (Å²) >= 11 is 0. The van der Waals surface area contributed by atoms with Gasteiger partial charge >= 0.3 is 5.97 Å². The number of aliphatic hydroxyl groups is 1. The predicted molar refractivity (Wildman–Crippen MR) is 66.5 cm³/mol. The van der Waals surface area contributed by atoms with E-state index < -0.39 is 5.60 Å². The molecule has 0 saturated carbocycles. The number of carbonyl (C=O) groups excluding carboxylic acids is 1. The molecule has 17 heavy (non-hydrogen) atoms. The van der Waals surface area contributed by atoms with Gasteiger partial charge in [0.15, 0.2) is 0 Å². The van der Waals surface area contributed by atoms with Crippen molar-refractivity contribution in [2.24, 2.45) is 0 Å². The van der Waals surface area contributed by atoms with E-state index in [9.17, 15) is 9.90 Å². The highest BCUT2D eigenvalue weighted by molar-refractivity contribution is 5.68. The van der Waals surface area contributed by atoms with E-state index in [2.05, 4.69) is 4.74 Å². The Labute approximate surface area is 102 Å². The van der Waals surface area contributed by atoms with Crippen molar-refractivity contribution in [3.63, 3.8) is 0 Å². The van der Waals surface area contributed by atoms with E-state index in [1.165, 1.54) is 7.11 Å². The van der Waals surface area contributed by atoms with Crippen molar-refractivity contribution in [2.45, 2.75) is 38.2 Å². The Morgan fingerprint density at radius 1 is 1.29 bits per heavy atom. The maximum atomic E-state index is 10.9. The third kappa shape index (κ3) is 4.57. The van der Waals surface area contributed by atoms with Crippen LogP contribution in [-0.2, 0) is 15.1 Å². The molecule has 0 radical (unpaired) electrons. The van der Waals surface area contributed by atoms with Gasteiger partial charge in [0, 0.05) is 6.42 Å². The molecule has 0 saturated heterocycles. The molecule has 0 aliphatic carbocycles. The Balaban J connectivity index is 2.38. The van der Waals surface area contributed by atoms with E-state index >= 15 is 0 Å². The second-order valence-electron chi connectivity index (χ2n) is 4.42. The van der Waals surface area contributed by atoms with Crippen LogP contribution in [0.15, 0.2) is 30.3 Å². The number of hydrogen-bond acceptors (Lipinski definition) is 3. The average Bonchev–Trinajstić information content (AvgIpc) is 2.35. The van der Waals surface area contributed by atoms with Gasteiger partial charge < -0.3 is 9.84 Å². The van der Waals surface area contributed by atoms with Crippen molar-refractivity contribution in [1.29, 1.82) is 0 Å². The van der Waals surface area contributed by atoms with Gasteiger partial charge in [0.05, 0.1) is 12.7 Å². The van der Waals surface area contributed by atoms with Gasteiger partial charge in [-0.2, -0.15) is 0 Å². The number of hydrogen-bond donors (Lipinski definition) is 1. The van der Waals surface area contributed by atoms with Crippen LogP contribution >= 0.6 is 0 Å². The molecule has 1 aromatic rings. The molecular formula is C14H20O3. The molecular weight excluding hydrogens is 216 g/mol. The molecule has 3 heteroatoms. The zero-order valence-electron chi connectivity index (χ0n) is 10.5. The first kappa shape index (κ1) is 13.7. The minimum Gasteiger partial charge on any atom is -0.469 e. The fourth-order valence-corrected chi connectivity index (χ4v) is 1.78. The summed E-state index contributed by atoms with van der Waals surface area (Å²) in [6, 6.07) is 9.59. The average molecular weight is 236 g/mol. The van der Waals surface area contributed by atoms with Gasteiger partial charge in [0.2, 0.25) is 0 Å². The molecule has 0 fully saturated rings. The highest BCUT2D eigenvalue weighted by atomic mass is 16.5. The molecule has 0 aromatic heterocycles. The molecule has 94 valence electrons. The Morgan fingerprint density at radius 3 is 2.53 bits per heavy atom. The molecule has 1 aromatic carbocycles. The lowest BCUT2D eigenvalue weighted by atomic mass is 9.90.